The molecule has 0 fully saturated rings. The molecule has 3 nitrogen and oxygen atoms in total. The number of hydrogen-bond donors (Lipinski definition) is 0. The van der Waals surface area contributed by atoms with Crippen LogP contribution >= 0.6 is 0 Å². The van der Waals surface area contributed by atoms with E-state index < -0.39 is 0 Å². The molecule has 1 aliphatic rings. The largest absolute Gasteiger partial charge is 0.462 e. The Hall–Kier alpha value is -1.35. The number of hydrogen-bond acceptors (Lipinski definition) is 2. The molecule has 1 atom stereocenters. The average molecular weight is 248 g/mol. The zero-order chi connectivity index (χ0) is 13.0. The lowest BCUT2D eigenvalue weighted by Crippen LogP contribution is -2.53. The molecule has 0 bridgehead atoms. The van der Waals surface area contributed by atoms with Gasteiger partial charge in [-0.2, -0.15) is 0 Å². The minimum atomic E-state index is -0.0706. The van der Waals surface area contributed by atoms with Crippen molar-refractivity contribution >= 4 is 5.97 Å². The molecular formula is C15H22NO2+. The van der Waals surface area contributed by atoms with E-state index in [1.54, 1.807) is 0 Å². The predicted molar refractivity (Wildman–Crippen MR) is 71.0 cm³/mol. The SMILES string of the molecule is CCOC(=O)C[N+]1(CC)CCc2ccccc2C1. The summed E-state index contributed by atoms with van der Waals surface area (Å²) < 4.78 is 5.93. The number of likely N-dealkylation sites (N-methyl/N-ethyl adjacent to an activating group) is 1. The van der Waals surface area contributed by atoms with Gasteiger partial charge in [-0.1, -0.05) is 24.3 Å². The van der Waals surface area contributed by atoms with Crippen LogP contribution in [0, 0.1) is 0 Å². The van der Waals surface area contributed by atoms with Crippen LogP contribution in [0.1, 0.15) is 25.0 Å². The van der Waals surface area contributed by atoms with Crippen molar-refractivity contribution in [2.24, 2.45) is 0 Å². The van der Waals surface area contributed by atoms with Gasteiger partial charge in [0.1, 0.15) is 6.54 Å². The van der Waals surface area contributed by atoms with Crippen molar-refractivity contribution in [3.63, 3.8) is 0 Å². The van der Waals surface area contributed by atoms with E-state index in [0.29, 0.717) is 13.2 Å². The fourth-order valence-corrected chi connectivity index (χ4v) is 2.75. The Morgan fingerprint density at radius 2 is 2.00 bits per heavy atom. The normalized spacial score (nSPS) is 22.3. The molecular weight excluding hydrogens is 226 g/mol. The Labute approximate surface area is 109 Å². The van der Waals surface area contributed by atoms with Crippen LogP contribution in [0.4, 0.5) is 0 Å². The van der Waals surface area contributed by atoms with Crippen molar-refractivity contribution < 1.29 is 14.0 Å². The van der Waals surface area contributed by atoms with Crippen LogP contribution < -0.4 is 0 Å². The molecule has 1 heterocycles. The van der Waals surface area contributed by atoms with E-state index in [2.05, 4.69) is 31.2 Å². The third-order valence-corrected chi connectivity index (χ3v) is 3.92. The zero-order valence-electron chi connectivity index (χ0n) is 11.3. The van der Waals surface area contributed by atoms with Gasteiger partial charge in [-0.15, -0.1) is 0 Å². The van der Waals surface area contributed by atoms with Crippen LogP contribution in [0.25, 0.3) is 0 Å². The average Bonchev–Trinajstić information content (AvgIpc) is 2.39. The van der Waals surface area contributed by atoms with Crippen molar-refractivity contribution in [1.82, 2.24) is 0 Å². The Morgan fingerprint density at radius 1 is 1.28 bits per heavy atom. The predicted octanol–water partition coefficient (Wildman–Crippen LogP) is 2.14. The number of esters is 1. The van der Waals surface area contributed by atoms with Crippen molar-refractivity contribution in [3.8, 4) is 0 Å². The summed E-state index contributed by atoms with van der Waals surface area (Å²) in [6.07, 6.45) is 1.06. The molecule has 1 aromatic carbocycles. The molecule has 1 aliphatic heterocycles. The molecule has 0 radical (unpaired) electrons. The van der Waals surface area contributed by atoms with Crippen LogP contribution in [0.2, 0.25) is 0 Å². The number of ether oxygens (including phenoxy) is 1. The monoisotopic (exact) mass is 248 g/mol. The second kappa shape index (κ2) is 5.53. The third kappa shape index (κ3) is 2.72. The number of rotatable bonds is 4. The highest BCUT2D eigenvalue weighted by atomic mass is 16.5. The van der Waals surface area contributed by atoms with Crippen LogP contribution in [0.15, 0.2) is 24.3 Å². The first-order valence-corrected chi connectivity index (χ1v) is 6.76. The van der Waals surface area contributed by atoms with Gasteiger partial charge in [-0.25, -0.2) is 4.79 Å². The molecule has 1 unspecified atom stereocenters. The lowest BCUT2D eigenvalue weighted by atomic mass is 9.97. The van der Waals surface area contributed by atoms with Crippen molar-refractivity contribution in [2.45, 2.75) is 26.8 Å². The summed E-state index contributed by atoms with van der Waals surface area (Å²) in [7, 11) is 0. The Kier molecular flexibility index (Phi) is 4.02. The van der Waals surface area contributed by atoms with Gasteiger partial charge in [0.05, 0.1) is 19.7 Å². The number of fused-ring (bicyclic) bond motifs is 1. The summed E-state index contributed by atoms with van der Waals surface area (Å²) >= 11 is 0. The maximum absolute atomic E-state index is 11.7. The molecule has 1 aromatic rings. The lowest BCUT2D eigenvalue weighted by molar-refractivity contribution is -0.934. The van der Waals surface area contributed by atoms with Crippen LogP contribution in [0.3, 0.4) is 0 Å². The molecule has 2 rings (SSSR count). The molecule has 0 aromatic heterocycles. The minimum absolute atomic E-state index is 0.0706. The highest BCUT2D eigenvalue weighted by Gasteiger charge is 2.33. The fourth-order valence-electron chi connectivity index (χ4n) is 2.75. The second-order valence-corrected chi connectivity index (χ2v) is 5.02. The van der Waals surface area contributed by atoms with E-state index in [-0.39, 0.29) is 5.97 Å². The van der Waals surface area contributed by atoms with Gasteiger partial charge >= 0.3 is 5.97 Å². The number of benzene rings is 1. The van der Waals surface area contributed by atoms with E-state index in [0.717, 1.165) is 30.5 Å². The summed E-state index contributed by atoms with van der Waals surface area (Å²) in [4.78, 5) is 11.7. The van der Waals surface area contributed by atoms with Crippen molar-refractivity contribution in [2.75, 3.05) is 26.2 Å². The summed E-state index contributed by atoms with van der Waals surface area (Å²) in [6.45, 7) is 7.95. The molecule has 0 saturated carbocycles. The summed E-state index contributed by atoms with van der Waals surface area (Å²) in [5.74, 6) is -0.0706. The molecule has 98 valence electrons. The molecule has 3 heteroatoms. The Morgan fingerprint density at radius 3 is 2.67 bits per heavy atom. The van der Waals surface area contributed by atoms with Gasteiger partial charge in [-0.05, 0) is 19.4 Å². The van der Waals surface area contributed by atoms with E-state index in [4.69, 9.17) is 4.74 Å². The molecule has 0 saturated heterocycles. The van der Waals surface area contributed by atoms with E-state index in [1.165, 1.54) is 11.1 Å². The van der Waals surface area contributed by atoms with Crippen LogP contribution in [0.5, 0.6) is 0 Å². The van der Waals surface area contributed by atoms with E-state index >= 15 is 0 Å². The number of nitrogens with zero attached hydrogens (tertiary/aromatic N) is 1. The summed E-state index contributed by atoms with van der Waals surface area (Å²) in [5, 5.41) is 0. The van der Waals surface area contributed by atoms with Crippen LogP contribution in [-0.4, -0.2) is 36.7 Å². The molecule has 0 N–H and O–H groups in total. The first kappa shape index (κ1) is 13.1. The third-order valence-electron chi connectivity index (χ3n) is 3.92. The first-order chi connectivity index (χ1) is 8.69. The molecule has 0 amide bonds. The quantitative estimate of drug-likeness (QED) is 0.603. The Bertz CT molecular complexity index is 430. The molecule has 0 aliphatic carbocycles. The topological polar surface area (TPSA) is 26.3 Å². The van der Waals surface area contributed by atoms with Gasteiger partial charge in [-0.3, -0.25) is 0 Å². The lowest BCUT2D eigenvalue weighted by Gasteiger charge is -2.40. The van der Waals surface area contributed by atoms with E-state index in [1.807, 2.05) is 6.92 Å². The van der Waals surface area contributed by atoms with Gasteiger partial charge in [0.2, 0.25) is 0 Å². The fraction of sp³-hybridized carbons (Fsp3) is 0.533. The van der Waals surface area contributed by atoms with E-state index in [9.17, 15) is 4.79 Å². The highest BCUT2D eigenvalue weighted by Crippen LogP contribution is 2.24. The standard InChI is InChI=1S/C15H22NO2/c1-3-16(12-15(17)18-4-2)10-9-13-7-5-6-8-14(13)11-16/h5-8H,3-4,9-12H2,1-2H3/q+1. The van der Waals surface area contributed by atoms with Crippen molar-refractivity contribution in [1.29, 1.82) is 0 Å². The van der Waals surface area contributed by atoms with Gasteiger partial charge in [0, 0.05) is 12.0 Å². The molecule has 0 spiro atoms. The first-order valence-electron chi connectivity index (χ1n) is 6.76. The van der Waals surface area contributed by atoms with Crippen LogP contribution in [-0.2, 0) is 22.5 Å². The highest BCUT2D eigenvalue weighted by molar-refractivity contribution is 5.70. The maximum atomic E-state index is 11.7. The van der Waals surface area contributed by atoms with Gasteiger partial charge in [0.15, 0.2) is 6.54 Å². The minimum Gasteiger partial charge on any atom is -0.462 e. The number of carbonyl (C=O) groups is 1. The molecule has 18 heavy (non-hydrogen) atoms. The zero-order valence-corrected chi connectivity index (χ0v) is 11.3. The number of quaternary nitrogens is 1. The van der Waals surface area contributed by atoms with Gasteiger partial charge in [0.25, 0.3) is 0 Å². The smallest absolute Gasteiger partial charge is 0.361 e. The maximum Gasteiger partial charge on any atom is 0.361 e. The second-order valence-electron chi connectivity index (χ2n) is 5.02. The van der Waals surface area contributed by atoms with Crippen molar-refractivity contribution in [3.05, 3.63) is 35.4 Å². The number of carbonyl (C=O) groups excluding carboxylic acids is 1. The van der Waals surface area contributed by atoms with Gasteiger partial charge < -0.3 is 9.22 Å². The summed E-state index contributed by atoms with van der Waals surface area (Å²) in [5.41, 5.74) is 2.82. The summed E-state index contributed by atoms with van der Waals surface area (Å²) in [6, 6.07) is 8.56. The Balaban J connectivity index is 2.13.